The second-order valence-electron chi connectivity index (χ2n) is 10.4. The van der Waals surface area contributed by atoms with E-state index in [0.717, 1.165) is 16.7 Å². The summed E-state index contributed by atoms with van der Waals surface area (Å²) < 4.78 is 28.9. The van der Waals surface area contributed by atoms with Crippen molar-refractivity contribution in [3.05, 3.63) is 129 Å². The average Bonchev–Trinajstić information content (AvgIpc) is 3.59. The highest BCUT2D eigenvalue weighted by atomic mass is 16.7. The van der Waals surface area contributed by atoms with Gasteiger partial charge in [0.2, 0.25) is 12.6 Å². The molecule has 2 aliphatic heterocycles. The molecule has 1 amide bonds. The quantitative estimate of drug-likeness (QED) is 0.235. The highest BCUT2D eigenvalue weighted by Gasteiger charge is 2.43. The Balaban J connectivity index is 1.32. The lowest BCUT2D eigenvalue weighted by Crippen LogP contribution is -2.29. The lowest BCUT2D eigenvalue weighted by molar-refractivity contribution is 0.0714. The van der Waals surface area contributed by atoms with E-state index in [1.165, 1.54) is 0 Å². The lowest BCUT2D eigenvalue weighted by Gasteiger charge is -2.26. The zero-order valence-electron chi connectivity index (χ0n) is 23.1. The molecule has 5 aromatic rings. The molecule has 42 heavy (non-hydrogen) atoms. The van der Waals surface area contributed by atoms with Gasteiger partial charge in [-0.05, 0) is 60.0 Å². The van der Waals surface area contributed by atoms with Crippen LogP contribution in [0, 0.1) is 6.92 Å². The van der Waals surface area contributed by atoms with Crippen molar-refractivity contribution in [2.45, 2.75) is 26.1 Å². The maximum absolute atomic E-state index is 14.0. The third-order valence-corrected chi connectivity index (χ3v) is 7.65. The number of rotatable bonds is 7. The molecule has 4 aromatic carbocycles. The van der Waals surface area contributed by atoms with E-state index in [9.17, 15) is 9.59 Å². The van der Waals surface area contributed by atoms with Crippen molar-refractivity contribution in [3.63, 3.8) is 0 Å². The van der Waals surface area contributed by atoms with Gasteiger partial charge in [-0.15, -0.1) is 0 Å². The number of amides is 1. The van der Waals surface area contributed by atoms with Crippen LogP contribution < -0.4 is 24.4 Å². The zero-order chi connectivity index (χ0) is 28.8. The molecule has 0 saturated heterocycles. The van der Waals surface area contributed by atoms with E-state index in [-0.39, 0.29) is 30.4 Å². The van der Waals surface area contributed by atoms with Crippen LogP contribution in [0.5, 0.6) is 23.0 Å². The van der Waals surface area contributed by atoms with E-state index < -0.39 is 6.04 Å². The van der Waals surface area contributed by atoms with Crippen LogP contribution in [0.25, 0.3) is 11.0 Å². The molecule has 8 heteroatoms. The van der Waals surface area contributed by atoms with Crippen molar-refractivity contribution in [1.82, 2.24) is 4.90 Å². The summed E-state index contributed by atoms with van der Waals surface area (Å²) in [5.41, 5.74) is 3.93. The predicted molar refractivity (Wildman–Crippen MR) is 155 cm³/mol. The lowest BCUT2D eigenvalue weighted by atomic mass is 9.97. The fraction of sp³-hybridized carbons (Fsp3) is 0.176. The minimum absolute atomic E-state index is 0.0467. The maximum atomic E-state index is 14.0. The Hall–Kier alpha value is -5.24. The molecule has 0 bridgehead atoms. The van der Waals surface area contributed by atoms with Gasteiger partial charge in [-0.1, -0.05) is 54.1 Å². The molecule has 0 spiro atoms. The SMILES string of the molecule is COc1cc(C2c3c(oc4ccc(C)cc4c3=O)C(=O)N2Cc2ccc3c(c2)OCO3)ccc1OCc1ccccc1. The number of carbonyl (C=O) groups is 1. The minimum atomic E-state index is -0.712. The Labute approximate surface area is 241 Å². The van der Waals surface area contributed by atoms with Crippen LogP contribution in [-0.4, -0.2) is 24.7 Å². The van der Waals surface area contributed by atoms with Crippen molar-refractivity contribution >= 4 is 16.9 Å². The largest absolute Gasteiger partial charge is 0.493 e. The second-order valence-corrected chi connectivity index (χ2v) is 10.4. The zero-order valence-corrected chi connectivity index (χ0v) is 23.1. The van der Waals surface area contributed by atoms with Gasteiger partial charge in [-0.3, -0.25) is 9.59 Å². The van der Waals surface area contributed by atoms with Gasteiger partial charge in [0.15, 0.2) is 28.4 Å². The van der Waals surface area contributed by atoms with Crippen molar-refractivity contribution in [2.75, 3.05) is 13.9 Å². The molecule has 0 saturated carbocycles. The predicted octanol–water partition coefficient (Wildman–Crippen LogP) is 6.16. The van der Waals surface area contributed by atoms with E-state index in [0.29, 0.717) is 51.7 Å². The minimum Gasteiger partial charge on any atom is -0.493 e. The summed E-state index contributed by atoms with van der Waals surface area (Å²) in [5.74, 6) is 2.00. The van der Waals surface area contributed by atoms with Crippen molar-refractivity contribution < 1.29 is 28.2 Å². The molecule has 3 heterocycles. The number of nitrogens with zero attached hydrogens (tertiary/aromatic N) is 1. The van der Waals surface area contributed by atoms with Gasteiger partial charge in [-0.25, -0.2) is 0 Å². The number of methoxy groups -OCH3 is 1. The van der Waals surface area contributed by atoms with Crippen LogP contribution in [0.4, 0.5) is 0 Å². The van der Waals surface area contributed by atoms with E-state index >= 15 is 0 Å². The summed E-state index contributed by atoms with van der Waals surface area (Å²) in [6.07, 6.45) is 0. The molecule has 0 fully saturated rings. The number of aryl methyl sites for hydroxylation is 1. The summed E-state index contributed by atoms with van der Waals surface area (Å²) >= 11 is 0. The molecule has 1 unspecified atom stereocenters. The van der Waals surface area contributed by atoms with Crippen molar-refractivity contribution in [1.29, 1.82) is 0 Å². The Morgan fingerprint density at radius 1 is 0.857 bits per heavy atom. The first kappa shape index (κ1) is 25.7. The molecule has 2 aliphatic rings. The summed E-state index contributed by atoms with van der Waals surface area (Å²) in [5, 5.41) is 0.436. The number of ether oxygens (including phenoxy) is 4. The van der Waals surface area contributed by atoms with Crippen LogP contribution in [0.1, 0.15) is 44.4 Å². The van der Waals surface area contributed by atoms with E-state index in [2.05, 4.69) is 0 Å². The molecule has 7 rings (SSSR count). The first-order valence-corrected chi connectivity index (χ1v) is 13.6. The van der Waals surface area contributed by atoms with Crippen LogP contribution in [0.15, 0.2) is 94.1 Å². The summed E-state index contributed by atoms with van der Waals surface area (Å²) in [4.78, 5) is 29.6. The van der Waals surface area contributed by atoms with E-state index in [1.54, 1.807) is 24.1 Å². The molecule has 0 aliphatic carbocycles. The second kappa shape index (κ2) is 10.3. The topological polar surface area (TPSA) is 87.4 Å². The fourth-order valence-electron chi connectivity index (χ4n) is 5.59. The van der Waals surface area contributed by atoms with Crippen molar-refractivity contribution in [2.24, 2.45) is 0 Å². The average molecular weight is 562 g/mol. The molecule has 210 valence electrons. The Kier molecular flexibility index (Phi) is 6.31. The van der Waals surface area contributed by atoms with Crippen LogP contribution in [0.3, 0.4) is 0 Å². The third kappa shape index (κ3) is 4.41. The van der Waals surface area contributed by atoms with Gasteiger partial charge in [0.1, 0.15) is 12.2 Å². The van der Waals surface area contributed by atoms with Crippen molar-refractivity contribution in [3.8, 4) is 23.0 Å². The number of carbonyl (C=O) groups excluding carboxylic acids is 1. The van der Waals surface area contributed by atoms with Gasteiger partial charge < -0.3 is 28.3 Å². The van der Waals surface area contributed by atoms with Gasteiger partial charge in [0.05, 0.1) is 24.1 Å². The molecule has 0 radical (unpaired) electrons. The summed E-state index contributed by atoms with van der Waals surface area (Å²) in [6.45, 7) is 2.65. The molecule has 1 atom stereocenters. The normalized spacial score (nSPS) is 15.2. The molecule has 8 nitrogen and oxygen atoms in total. The number of hydrogen-bond acceptors (Lipinski definition) is 7. The van der Waals surface area contributed by atoms with E-state index in [4.69, 9.17) is 23.4 Å². The Bertz CT molecular complexity index is 1900. The van der Waals surface area contributed by atoms with Crippen LogP contribution in [0.2, 0.25) is 0 Å². The van der Waals surface area contributed by atoms with Crippen LogP contribution >= 0.6 is 0 Å². The Morgan fingerprint density at radius 2 is 1.69 bits per heavy atom. The smallest absolute Gasteiger partial charge is 0.291 e. The molecular weight excluding hydrogens is 534 g/mol. The maximum Gasteiger partial charge on any atom is 0.291 e. The fourth-order valence-corrected chi connectivity index (χ4v) is 5.59. The first-order valence-electron chi connectivity index (χ1n) is 13.6. The standard InChI is InChI=1S/C34H27NO7/c1-20-8-11-25-24(14-20)32(36)30-31(23-10-13-26(28(16-23)38-2)39-18-21-6-4-3-5-7-21)35(34(37)33(30)42-25)17-22-9-12-27-29(15-22)41-19-40-27/h3-16,31H,17-19H2,1-2H3. The number of hydrogen-bond donors (Lipinski definition) is 0. The number of benzene rings is 4. The summed E-state index contributed by atoms with van der Waals surface area (Å²) in [7, 11) is 1.57. The Morgan fingerprint density at radius 3 is 2.52 bits per heavy atom. The molecule has 1 aromatic heterocycles. The number of fused-ring (bicyclic) bond motifs is 3. The molecule has 0 N–H and O–H groups in total. The molecular formula is C34H27NO7. The summed E-state index contributed by atoms with van der Waals surface area (Å²) in [6, 6.07) is 25.6. The van der Waals surface area contributed by atoms with Gasteiger partial charge >= 0.3 is 0 Å². The highest BCUT2D eigenvalue weighted by Crippen LogP contribution is 2.42. The highest BCUT2D eigenvalue weighted by molar-refractivity contribution is 5.99. The van der Waals surface area contributed by atoms with Gasteiger partial charge in [-0.2, -0.15) is 0 Å². The monoisotopic (exact) mass is 561 g/mol. The first-order chi connectivity index (χ1) is 20.5. The van der Waals surface area contributed by atoms with Gasteiger partial charge in [0, 0.05) is 6.54 Å². The van der Waals surface area contributed by atoms with E-state index in [1.807, 2.05) is 79.7 Å². The van der Waals surface area contributed by atoms with Gasteiger partial charge in [0.25, 0.3) is 5.91 Å². The van der Waals surface area contributed by atoms with Crippen LogP contribution in [-0.2, 0) is 13.2 Å². The third-order valence-electron chi connectivity index (χ3n) is 7.65.